The van der Waals surface area contributed by atoms with E-state index in [0.717, 1.165) is 12.8 Å². The van der Waals surface area contributed by atoms with Crippen molar-refractivity contribution in [2.45, 2.75) is 39.2 Å². The average Bonchev–Trinajstić information content (AvgIpc) is 3.73. The third-order valence-corrected chi connectivity index (χ3v) is 7.72. The first-order valence-corrected chi connectivity index (χ1v) is 14.7. The summed E-state index contributed by atoms with van der Waals surface area (Å²) in [6, 6.07) is 9.08. The molecule has 1 aromatic carbocycles. The number of carbonyl (C=O) groups is 3. The molecule has 1 atom stereocenters. The number of benzene rings is 1. The van der Waals surface area contributed by atoms with Gasteiger partial charge in [-0.2, -0.15) is 4.98 Å². The summed E-state index contributed by atoms with van der Waals surface area (Å²) in [7, 11) is 0. The second-order valence-electron chi connectivity index (χ2n) is 9.59. The van der Waals surface area contributed by atoms with Gasteiger partial charge in [-0.15, -0.1) is 17.8 Å². The Balaban J connectivity index is 1.60. The van der Waals surface area contributed by atoms with Crippen molar-refractivity contribution in [1.82, 2.24) is 14.9 Å². The third-order valence-electron chi connectivity index (χ3n) is 6.86. The number of hydrogen-bond donors (Lipinski definition) is 2. The van der Waals surface area contributed by atoms with Gasteiger partial charge in [0.2, 0.25) is 5.95 Å². The van der Waals surface area contributed by atoms with E-state index in [2.05, 4.69) is 21.2 Å². The minimum absolute atomic E-state index is 0.0608. The van der Waals surface area contributed by atoms with Crippen molar-refractivity contribution in [3.8, 4) is 18.1 Å². The van der Waals surface area contributed by atoms with Gasteiger partial charge in [-0.3, -0.25) is 9.69 Å². The first-order chi connectivity index (χ1) is 20.3. The molecule has 0 radical (unpaired) electrons. The number of hydrogen-bond acceptors (Lipinski definition) is 9. The van der Waals surface area contributed by atoms with Crippen LogP contribution >= 0.6 is 11.3 Å². The average molecular weight is 591 g/mol. The maximum Gasteiger partial charge on any atom is 0.415 e. The number of ether oxygens (including phenoxy) is 1. The van der Waals surface area contributed by atoms with E-state index in [9.17, 15) is 19.5 Å². The molecule has 2 aromatic heterocycles. The Hall–Kier alpha value is -4.63. The lowest BCUT2D eigenvalue weighted by Crippen LogP contribution is -2.36. The molecule has 12 heteroatoms. The second kappa shape index (κ2) is 14.3. The highest BCUT2D eigenvalue weighted by molar-refractivity contribution is 7.12. The maximum atomic E-state index is 13.4. The van der Waals surface area contributed by atoms with Crippen LogP contribution in [0.5, 0.6) is 5.75 Å². The molecule has 220 valence electrons. The molecule has 42 heavy (non-hydrogen) atoms. The minimum Gasteiger partial charge on any atom is -0.480 e. The number of terminal acetylenes is 1. The van der Waals surface area contributed by atoms with Crippen molar-refractivity contribution in [1.29, 1.82) is 0 Å². The van der Waals surface area contributed by atoms with Gasteiger partial charge in [0.1, 0.15) is 17.5 Å². The fourth-order valence-electron chi connectivity index (χ4n) is 4.58. The molecule has 1 saturated heterocycles. The van der Waals surface area contributed by atoms with Crippen molar-refractivity contribution in [2.75, 3.05) is 47.8 Å². The summed E-state index contributed by atoms with van der Waals surface area (Å²) in [4.78, 5) is 52.6. The Bertz CT molecular complexity index is 1410. The van der Waals surface area contributed by atoms with Crippen molar-refractivity contribution in [2.24, 2.45) is 0 Å². The van der Waals surface area contributed by atoms with Crippen LogP contribution in [-0.4, -0.2) is 76.7 Å². The van der Waals surface area contributed by atoms with Gasteiger partial charge >= 0.3 is 12.1 Å². The van der Waals surface area contributed by atoms with Crippen molar-refractivity contribution in [3.63, 3.8) is 0 Å². The largest absolute Gasteiger partial charge is 0.480 e. The van der Waals surface area contributed by atoms with Crippen LogP contribution in [0.4, 0.5) is 22.2 Å². The number of rotatable bonds is 12. The van der Waals surface area contributed by atoms with Gasteiger partial charge < -0.3 is 25.0 Å². The molecule has 2 N–H and O–H groups in total. The van der Waals surface area contributed by atoms with Crippen molar-refractivity contribution >= 4 is 46.8 Å². The molecule has 0 saturated carbocycles. The van der Waals surface area contributed by atoms with E-state index < -0.39 is 12.0 Å². The summed E-state index contributed by atoms with van der Waals surface area (Å²) >= 11 is 1.28. The summed E-state index contributed by atoms with van der Waals surface area (Å²) in [6.07, 6.45) is 8.74. The summed E-state index contributed by atoms with van der Waals surface area (Å²) in [5.41, 5.74) is 0.975. The number of amides is 2. The van der Waals surface area contributed by atoms with Crippen molar-refractivity contribution < 1.29 is 24.2 Å². The fourth-order valence-corrected chi connectivity index (χ4v) is 5.25. The molecule has 0 bridgehead atoms. The number of carboxylic acid groups (broad SMARTS) is 1. The number of carboxylic acids is 1. The fraction of sp³-hybridized carbons (Fsp3) is 0.367. The number of nitrogens with zero attached hydrogens (tertiary/aromatic N) is 5. The quantitative estimate of drug-likeness (QED) is 0.296. The molecule has 0 aliphatic carbocycles. The zero-order valence-electron chi connectivity index (χ0n) is 23.7. The van der Waals surface area contributed by atoms with Gasteiger partial charge in [-0.25, -0.2) is 14.6 Å². The number of nitrogens with one attached hydrogen (secondary N) is 1. The van der Waals surface area contributed by atoms with E-state index in [1.165, 1.54) is 22.4 Å². The highest BCUT2D eigenvalue weighted by Gasteiger charge is 2.27. The smallest absolute Gasteiger partial charge is 0.415 e. The highest BCUT2D eigenvalue weighted by atomic mass is 32.1. The Morgan fingerprint density at radius 3 is 2.48 bits per heavy atom. The van der Waals surface area contributed by atoms with Gasteiger partial charge in [0.15, 0.2) is 5.82 Å². The molecule has 0 spiro atoms. The molecule has 1 fully saturated rings. The normalized spacial score (nSPS) is 13.2. The van der Waals surface area contributed by atoms with Gasteiger partial charge in [0.25, 0.3) is 5.91 Å². The maximum absolute atomic E-state index is 13.4. The number of aromatic nitrogens is 2. The van der Waals surface area contributed by atoms with Crippen LogP contribution in [0, 0.1) is 12.3 Å². The molecule has 4 rings (SSSR count). The molecular weight excluding hydrogens is 556 g/mol. The van der Waals surface area contributed by atoms with E-state index in [4.69, 9.17) is 11.2 Å². The monoisotopic (exact) mass is 590 g/mol. The summed E-state index contributed by atoms with van der Waals surface area (Å²) in [5.74, 6) is 2.02. The van der Waals surface area contributed by atoms with Gasteiger partial charge in [0.05, 0.1) is 17.6 Å². The number of anilines is 3. The van der Waals surface area contributed by atoms with Crippen LogP contribution < -0.4 is 19.9 Å². The van der Waals surface area contributed by atoms with E-state index in [0.29, 0.717) is 48.3 Å². The third kappa shape index (κ3) is 7.36. The minimum atomic E-state index is -1.11. The summed E-state index contributed by atoms with van der Waals surface area (Å²) < 4.78 is 5.46. The van der Waals surface area contributed by atoms with E-state index in [1.807, 2.05) is 18.7 Å². The summed E-state index contributed by atoms with van der Waals surface area (Å²) in [6.45, 7) is 6.50. The van der Waals surface area contributed by atoms with Crippen molar-refractivity contribution in [3.05, 3.63) is 58.4 Å². The lowest BCUT2D eigenvalue weighted by atomic mass is 10.1. The topological polar surface area (TPSA) is 128 Å². The van der Waals surface area contributed by atoms with Gasteiger partial charge in [0, 0.05) is 32.6 Å². The molecule has 11 nitrogen and oxygen atoms in total. The number of carbonyl (C=O) groups excluding carboxylic acids is 2. The molecule has 3 heterocycles. The highest BCUT2D eigenvalue weighted by Crippen LogP contribution is 2.29. The first-order valence-electron chi connectivity index (χ1n) is 13.8. The lowest BCUT2D eigenvalue weighted by molar-refractivity contribution is -0.137. The van der Waals surface area contributed by atoms with E-state index >= 15 is 0 Å². The second-order valence-corrected chi connectivity index (χ2v) is 10.5. The summed E-state index contributed by atoms with van der Waals surface area (Å²) in [5, 5.41) is 15.0. The number of aliphatic carboxylic acids is 1. The van der Waals surface area contributed by atoms with Gasteiger partial charge in [-0.1, -0.05) is 24.1 Å². The van der Waals surface area contributed by atoms with Crippen LogP contribution in [0.15, 0.2) is 48.0 Å². The zero-order chi connectivity index (χ0) is 30.1. The molecule has 3 aromatic rings. The van der Waals surface area contributed by atoms with E-state index in [1.54, 1.807) is 46.7 Å². The molecular formula is C30H34N6O5S. The SMILES string of the molecule is C#CCN(C(=O)c1cccs1)c1cnc(N(CC)CC)nc1NC(Cc1ccc(OC(=O)N2CCCC2)cc1)C(=O)O. The Labute approximate surface area is 249 Å². The number of thiophene rings is 1. The van der Waals surface area contributed by atoms with Crippen LogP contribution in [-0.2, 0) is 11.2 Å². The predicted octanol–water partition coefficient (Wildman–Crippen LogP) is 4.37. The Kier molecular flexibility index (Phi) is 10.3. The van der Waals surface area contributed by atoms with Crippen LogP contribution in [0.25, 0.3) is 0 Å². The van der Waals surface area contributed by atoms with Crippen LogP contribution in [0.3, 0.4) is 0 Å². The van der Waals surface area contributed by atoms with E-state index in [-0.39, 0.29) is 36.5 Å². The lowest BCUT2D eigenvalue weighted by Gasteiger charge is -2.26. The Morgan fingerprint density at radius 1 is 1.17 bits per heavy atom. The first kappa shape index (κ1) is 30.3. The molecule has 1 unspecified atom stereocenters. The van der Waals surface area contributed by atoms with Crippen LogP contribution in [0.2, 0.25) is 0 Å². The van der Waals surface area contributed by atoms with Gasteiger partial charge in [-0.05, 0) is 55.8 Å². The number of likely N-dealkylation sites (tertiary alicyclic amines) is 1. The molecule has 1 aliphatic rings. The standard InChI is InChI=1S/C30H34N6O5S/c1-4-15-36(27(37)25-10-9-18-42-25)24-20-31-29(34(5-2)6-3)33-26(24)32-23(28(38)39)19-21-11-13-22(14-12-21)41-30(40)35-16-7-8-17-35/h1,9-14,18,20,23H,5-8,15-17,19H2,2-3H3,(H,38,39)(H,31,32,33). The Morgan fingerprint density at radius 2 is 1.88 bits per heavy atom. The molecule has 1 aliphatic heterocycles. The van der Waals surface area contributed by atoms with Crippen LogP contribution in [0.1, 0.15) is 41.9 Å². The zero-order valence-corrected chi connectivity index (χ0v) is 24.5. The molecule has 2 amide bonds. The predicted molar refractivity (Wildman–Crippen MR) is 162 cm³/mol.